The third-order valence-electron chi connectivity index (χ3n) is 3.23. The molecule has 0 amide bonds. The summed E-state index contributed by atoms with van der Waals surface area (Å²) in [5.74, 6) is 0.720. The summed E-state index contributed by atoms with van der Waals surface area (Å²) >= 11 is 0. The van der Waals surface area contributed by atoms with E-state index in [-0.39, 0.29) is 0 Å². The van der Waals surface area contributed by atoms with E-state index in [1.165, 1.54) is 22.3 Å². The standard InChI is InChI=1S/C16H27N/c1-11(2)10-17-15(6)9-16-13(4)7-12(3)8-14(16)5/h7-8,11,15,17H,9-10H2,1-6H3. The lowest BCUT2D eigenvalue weighted by molar-refractivity contribution is 0.481. The zero-order valence-corrected chi connectivity index (χ0v) is 12.2. The van der Waals surface area contributed by atoms with Crippen LogP contribution in [-0.2, 0) is 6.42 Å². The molecule has 96 valence electrons. The van der Waals surface area contributed by atoms with Gasteiger partial charge in [0.05, 0.1) is 0 Å². The van der Waals surface area contributed by atoms with Crippen molar-refractivity contribution >= 4 is 0 Å². The summed E-state index contributed by atoms with van der Waals surface area (Å²) in [7, 11) is 0. The molecule has 1 N–H and O–H groups in total. The van der Waals surface area contributed by atoms with Crippen LogP contribution in [0.2, 0.25) is 0 Å². The highest BCUT2D eigenvalue weighted by Gasteiger charge is 2.09. The molecule has 17 heavy (non-hydrogen) atoms. The van der Waals surface area contributed by atoms with Gasteiger partial charge < -0.3 is 5.32 Å². The van der Waals surface area contributed by atoms with Crippen molar-refractivity contribution < 1.29 is 0 Å². The van der Waals surface area contributed by atoms with E-state index in [9.17, 15) is 0 Å². The van der Waals surface area contributed by atoms with Crippen molar-refractivity contribution in [3.8, 4) is 0 Å². The summed E-state index contributed by atoms with van der Waals surface area (Å²) in [6.45, 7) is 14.5. The molecule has 1 unspecified atom stereocenters. The van der Waals surface area contributed by atoms with Gasteiger partial charge >= 0.3 is 0 Å². The Balaban J connectivity index is 2.68. The average molecular weight is 233 g/mol. The Morgan fingerprint density at radius 1 is 1.00 bits per heavy atom. The van der Waals surface area contributed by atoms with Crippen molar-refractivity contribution in [1.29, 1.82) is 0 Å². The van der Waals surface area contributed by atoms with Crippen molar-refractivity contribution in [3.63, 3.8) is 0 Å². The van der Waals surface area contributed by atoms with E-state index < -0.39 is 0 Å². The molecule has 1 aromatic rings. The fourth-order valence-electron chi connectivity index (χ4n) is 2.35. The van der Waals surface area contributed by atoms with E-state index in [1.807, 2.05) is 0 Å². The highest BCUT2D eigenvalue weighted by Crippen LogP contribution is 2.18. The normalized spacial score (nSPS) is 13.1. The summed E-state index contributed by atoms with van der Waals surface area (Å²) in [6, 6.07) is 5.13. The maximum atomic E-state index is 3.60. The Morgan fingerprint density at radius 2 is 1.53 bits per heavy atom. The molecule has 1 heteroatoms. The topological polar surface area (TPSA) is 12.0 Å². The first-order valence-corrected chi connectivity index (χ1v) is 6.70. The quantitative estimate of drug-likeness (QED) is 0.816. The monoisotopic (exact) mass is 233 g/mol. The molecular formula is C16H27N. The zero-order valence-electron chi connectivity index (χ0n) is 12.2. The Hall–Kier alpha value is -0.820. The largest absolute Gasteiger partial charge is 0.314 e. The van der Waals surface area contributed by atoms with Gasteiger partial charge in [0, 0.05) is 6.04 Å². The minimum atomic E-state index is 0.553. The molecule has 0 spiro atoms. The first-order chi connectivity index (χ1) is 7.90. The number of hydrogen-bond donors (Lipinski definition) is 1. The molecular weight excluding hydrogens is 206 g/mol. The molecule has 0 heterocycles. The van der Waals surface area contributed by atoms with Crippen LogP contribution in [0.15, 0.2) is 12.1 Å². The molecule has 1 rings (SSSR count). The van der Waals surface area contributed by atoms with E-state index in [1.54, 1.807) is 0 Å². The van der Waals surface area contributed by atoms with E-state index in [2.05, 4.69) is 59.0 Å². The summed E-state index contributed by atoms with van der Waals surface area (Å²) in [5, 5.41) is 3.60. The van der Waals surface area contributed by atoms with Crippen LogP contribution >= 0.6 is 0 Å². The second-order valence-electron chi connectivity index (χ2n) is 5.78. The molecule has 0 aliphatic carbocycles. The number of hydrogen-bond acceptors (Lipinski definition) is 1. The van der Waals surface area contributed by atoms with Crippen LogP contribution in [0, 0.1) is 26.7 Å². The van der Waals surface area contributed by atoms with Crippen LogP contribution in [0.25, 0.3) is 0 Å². The predicted octanol–water partition coefficient (Wildman–Crippen LogP) is 3.79. The lowest BCUT2D eigenvalue weighted by Crippen LogP contribution is -2.31. The van der Waals surface area contributed by atoms with Gasteiger partial charge in [-0.15, -0.1) is 0 Å². The van der Waals surface area contributed by atoms with E-state index in [4.69, 9.17) is 0 Å². The molecule has 0 bridgehead atoms. The van der Waals surface area contributed by atoms with E-state index >= 15 is 0 Å². The number of aryl methyl sites for hydroxylation is 3. The van der Waals surface area contributed by atoms with Gasteiger partial charge in [0.15, 0.2) is 0 Å². The van der Waals surface area contributed by atoms with Crippen LogP contribution < -0.4 is 5.32 Å². The van der Waals surface area contributed by atoms with E-state index in [0.717, 1.165) is 18.9 Å². The molecule has 0 aromatic heterocycles. The molecule has 1 atom stereocenters. The van der Waals surface area contributed by atoms with Gasteiger partial charge in [-0.05, 0) is 63.3 Å². The smallest absolute Gasteiger partial charge is 0.00794 e. The first kappa shape index (κ1) is 14.2. The summed E-state index contributed by atoms with van der Waals surface area (Å²) in [5.41, 5.74) is 5.74. The highest BCUT2D eigenvalue weighted by molar-refractivity contribution is 5.37. The Labute approximate surface area is 107 Å². The Morgan fingerprint density at radius 3 is 2.00 bits per heavy atom. The molecule has 0 aliphatic rings. The molecule has 0 aliphatic heterocycles. The molecule has 0 radical (unpaired) electrons. The molecule has 1 nitrogen and oxygen atoms in total. The third kappa shape index (κ3) is 4.51. The summed E-state index contributed by atoms with van der Waals surface area (Å²) < 4.78 is 0. The molecule has 0 saturated carbocycles. The number of rotatable bonds is 5. The van der Waals surface area contributed by atoms with Gasteiger partial charge in [0.25, 0.3) is 0 Å². The van der Waals surface area contributed by atoms with Crippen molar-refractivity contribution in [2.24, 2.45) is 5.92 Å². The minimum Gasteiger partial charge on any atom is -0.314 e. The summed E-state index contributed by atoms with van der Waals surface area (Å²) in [4.78, 5) is 0. The third-order valence-corrected chi connectivity index (χ3v) is 3.23. The van der Waals surface area contributed by atoms with Gasteiger partial charge in [0.2, 0.25) is 0 Å². The van der Waals surface area contributed by atoms with Crippen LogP contribution in [0.1, 0.15) is 43.0 Å². The lowest BCUT2D eigenvalue weighted by Gasteiger charge is -2.18. The first-order valence-electron chi connectivity index (χ1n) is 6.70. The highest BCUT2D eigenvalue weighted by atomic mass is 14.9. The Kier molecular flexibility index (Phi) is 5.20. The molecule has 1 aromatic carbocycles. The van der Waals surface area contributed by atoms with Crippen molar-refractivity contribution in [2.45, 2.75) is 54.0 Å². The SMILES string of the molecule is Cc1cc(C)c(CC(C)NCC(C)C)c(C)c1. The van der Waals surface area contributed by atoms with Gasteiger partial charge in [-0.25, -0.2) is 0 Å². The fraction of sp³-hybridized carbons (Fsp3) is 0.625. The molecule has 0 saturated heterocycles. The van der Waals surface area contributed by atoms with Crippen LogP contribution in [-0.4, -0.2) is 12.6 Å². The number of benzene rings is 1. The van der Waals surface area contributed by atoms with Crippen LogP contribution in [0.3, 0.4) is 0 Å². The zero-order chi connectivity index (χ0) is 13.0. The second-order valence-corrected chi connectivity index (χ2v) is 5.78. The van der Waals surface area contributed by atoms with Gasteiger partial charge in [-0.2, -0.15) is 0 Å². The van der Waals surface area contributed by atoms with E-state index in [0.29, 0.717) is 6.04 Å². The lowest BCUT2D eigenvalue weighted by atomic mass is 9.95. The van der Waals surface area contributed by atoms with Gasteiger partial charge in [-0.1, -0.05) is 31.5 Å². The van der Waals surface area contributed by atoms with Gasteiger partial charge in [0.1, 0.15) is 0 Å². The van der Waals surface area contributed by atoms with Gasteiger partial charge in [-0.3, -0.25) is 0 Å². The Bertz CT molecular complexity index is 343. The second kappa shape index (κ2) is 6.20. The average Bonchev–Trinajstić information content (AvgIpc) is 2.20. The fourth-order valence-corrected chi connectivity index (χ4v) is 2.35. The predicted molar refractivity (Wildman–Crippen MR) is 76.7 cm³/mol. The van der Waals surface area contributed by atoms with Crippen LogP contribution in [0.5, 0.6) is 0 Å². The maximum Gasteiger partial charge on any atom is 0.00794 e. The summed E-state index contributed by atoms with van der Waals surface area (Å²) in [6.07, 6.45) is 1.13. The van der Waals surface area contributed by atoms with Crippen LogP contribution in [0.4, 0.5) is 0 Å². The van der Waals surface area contributed by atoms with Crippen molar-refractivity contribution in [3.05, 3.63) is 34.4 Å². The molecule has 0 fully saturated rings. The number of nitrogens with one attached hydrogen (secondary N) is 1. The van der Waals surface area contributed by atoms with Crippen molar-refractivity contribution in [1.82, 2.24) is 5.32 Å². The van der Waals surface area contributed by atoms with Crippen molar-refractivity contribution in [2.75, 3.05) is 6.54 Å². The maximum absolute atomic E-state index is 3.60. The minimum absolute atomic E-state index is 0.553.